The van der Waals surface area contributed by atoms with E-state index in [4.69, 9.17) is 5.73 Å². The van der Waals surface area contributed by atoms with Crippen LogP contribution in [-0.2, 0) is 4.79 Å². The summed E-state index contributed by atoms with van der Waals surface area (Å²) in [5.74, 6) is 2.69. The van der Waals surface area contributed by atoms with Gasteiger partial charge in [-0.25, -0.2) is 0 Å². The Balaban J connectivity index is 1.49. The number of hydrogen-bond donors (Lipinski definition) is 2. The van der Waals surface area contributed by atoms with Gasteiger partial charge in [-0.05, 0) is 49.9 Å². The maximum atomic E-state index is 12.2. The van der Waals surface area contributed by atoms with Crippen LogP contribution in [0.4, 0.5) is 0 Å². The highest BCUT2D eigenvalue weighted by Gasteiger charge is 2.40. The van der Waals surface area contributed by atoms with E-state index in [1.165, 1.54) is 32.1 Å². The van der Waals surface area contributed by atoms with E-state index in [0.717, 1.165) is 50.0 Å². The lowest BCUT2D eigenvalue weighted by Crippen LogP contribution is -2.55. The van der Waals surface area contributed by atoms with Crippen molar-refractivity contribution >= 4 is 5.91 Å². The molecule has 0 saturated heterocycles. The molecule has 3 saturated carbocycles. The van der Waals surface area contributed by atoms with Gasteiger partial charge in [0.15, 0.2) is 0 Å². The summed E-state index contributed by atoms with van der Waals surface area (Å²) < 4.78 is 0. The minimum absolute atomic E-state index is 0.116. The second kappa shape index (κ2) is 4.84. The fraction of sp³-hybridized carbons (Fsp3) is 0.933. The number of amides is 1. The second-order valence-electron chi connectivity index (χ2n) is 6.86. The number of fused-ring (bicyclic) bond motifs is 2. The first-order valence-electron chi connectivity index (χ1n) is 7.74. The minimum Gasteiger partial charge on any atom is -0.354 e. The fourth-order valence-corrected chi connectivity index (χ4v) is 4.44. The molecule has 3 rings (SSSR count). The van der Waals surface area contributed by atoms with Crippen molar-refractivity contribution < 1.29 is 4.79 Å². The zero-order chi connectivity index (χ0) is 12.6. The van der Waals surface area contributed by atoms with Crippen molar-refractivity contribution in [3.05, 3.63) is 0 Å². The van der Waals surface area contributed by atoms with Gasteiger partial charge in [-0.2, -0.15) is 0 Å². The van der Waals surface area contributed by atoms with Crippen LogP contribution in [0.25, 0.3) is 0 Å². The van der Waals surface area contributed by atoms with E-state index in [9.17, 15) is 4.79 Å². The van der Waals surface area contributed by atoms with Crippen molar-refractivity contribution in [3.63, 3.8) is 0 Å². The average Bonchev–Trinajstić information content (AvgIpc) is 2.99. The number of carbonyl (C=O) groups excluding carboxylic acids is 1. The van der Waals surface area contributed by atoms with Crippen LogP contribution >= 0.6 is 0 Å². The second-order valence-corrected chi connectivity index (χ2v) is 6.86. The molecule has 0 heterocycles. The smallest absolute Gasteiger partial charge is 0.240 e. The number of carbonyl (C=O) groups is 1. The van der Waals surface area contributed by atoms with E-state index in [0.29, 0.717) is 0 Å². The van der Waals surface area contributed by atoms with E-state index in [2.05, 4.69) is 5.32 Å². The van der Waals surface area contributed by atoms with Crippen LogP contribution in [0.1, 0.15) is 57.8 Å². The van der Waals surface area contributed by atoms with Crippen molar-refractivity contribution in [2.24, 2.45) is 23.5 Å². The van der Waals surface area contributed by atoms with Crippen LogP contribution in [0.2, 0.25) is 0 Å². The normalized spacial score (nSPS) is 37.7. The number of nitrogens with one attached hydrogen (secondary N) is 1. The molecule has 0 aromatic carbocycles. The van der Waals surface area contributed by atoms with Crippen molar-refractivity contribution in [2.45, 2.75) is 63.3 Å². The van der Waals surface area contributed by atoms with E-state index >= 15 is 0 Å². The third kappa shape index (κ3) is 2.29. The molecule has 1 amide bonds. The zero-order valence-electron chi connectivity index (χ0n) is 11.3. The van der Waals surface area contributed by atoms with Crippen molar-refractivity contribution in [1.29, 1.82) is 0 Å². The number of hydrogen-bond acceptors (Lipinski definition) is 2. The molecule has 3 heteroatoms. The van der Waals surface area contributed by atoms with Gasteiger partial charge in [0, 0.05) is 6.54 Å². The quantitative estimate of drug-likeness (QED) is 0.807. The standard InChI is InChI=1S/C15H26N2O/c16-15(6-2-1-3-7-15)14(18)17-10-13-9-11-4-5-12(13)8-11/h11-13H,1-10,16H2,(H,17,18). The van der Waals surface area contributed by atoms with Gasteiger partial charge < -0.3 is 11.1 Å². The van der Waals surface area contributed by atoms with Crippen LogP contribution in [0.15, 0.2) is 0 Å². The van der Waals surface area contributed by atoms with E-state index in [-0.39, 0.29) is 5.91 Å². The average molecular weight is 250 g/mol. The predicted octanol–water partition coefficient (Wildman–Crippen LogP) is 2.20. The van der Waals surface area contributed by atoms with Gasteiger partial charge in [0.05, 0.1) is 5.54 Å². The molecule has 0 radical (unpaired) electrons. The van der Waals surface area contributed by atoms with Crippen molar-refractivity contribution in [2.75, 3.05) is 6.54 Å². The Kier molecular flexibility index (Phi) is 3.35. The molecular weight excluding hydrogens is 224 g/mol. The van der Waals surface area contributed by atoms with Gasteiger partial charge in [0.2, 0.25) is 5.91 Å². The molecule has 2 bridgehead atoms. The molecule has 102 valence electrons. The molecule has 3 aliphatic carbocycles. The highest BCUT2D eigenvalue weighted by atomic mass is 16.2. The Morgan fingerprint density at radius 1 is 1.17 bits per heavy atom. The molecule has 3 unspecified atom stereocenters. The molecule has 3 aliphatic rings. The van der Waals surface area contributed by atoms with Crippen LogP contribution in [0.5, 0.6) is 0 Å². The SMILES string of the molecule is NC1(C(=O)NCC2CC3CCC2C3)CCCCC1. The molecule has 0 aliphatic heterocycles. The van der Waals surface area contributed by atoms with Gasteiger partial charge in [0.25, 0.3) is 0 Å². The summed E-state index contributed by atoms with van der Waals surface area (Å²) in [7, 11) is 0. The highest BCUT2D eigenvalue weighted by Crippen LogP contribution is 2.47. The number of rotatable bonds is 3. The first-order valence-corrected chi connectivity index (χ1v) is 7.74. The third-order valence-electron chi connectivity index (χ3n) is 5.61. The lowest BCUT2D eigenvalue weighted by atomic mass is 9.81. The predicted molar refractivity (Wildman–Crippen MR) is 72.0 cm³/mol. The van der Waals surface area contributed by atoms with E-state index < -0.39 is 5.54 Å². The van der Waals surface area contributed by atoms with Gasteiger partial charge in [0.1, 0.15) is 0 Å². The summed E-state index contributed by atoms with van der Waals surface area (Å²) in [5, 5.41) is 3.16. The van der Waals surface area contributed by atoms with Crippen LogP contribution < -0.4 is 11.1 Å². The van der Waals surface area contributed by atoms with Crippen molar-refractivity contribution in [1.82, 2.24) is 5.32 Å². The van der Waals surface area contributed by atoms with Gasteiger partial charge in [-0.15, -0.1) is 0 Å². The lowest BCUT2D eigenvalue weighted by molar-refractivity contribution is -0.127. The van der Waals surface area contributed by atoms with Crippen LogP contribution in [0, 0.1) is 17.8 Å². The van der Waals surface area contributed by atoms with Gasteiger partial charge >= 0.3 is 0 Å². The number of nitrogens with two attached hydrogens (primary N) is 1. The van der Waals surface area contributed by atoms with E-state index in [1.807, 2.05) is 0 Å². The van der Waals surface area contributed by atoms with Crippen LogP contribution in [-0.4, -0.2) is 18.0 Å². The zero-order valence-corrected chi connectivity index (χ0v) is 11.3. The van der Waals surface area contributed by atoms with Gasteiger partial charge in [-0.1, -0.05) is 25.7 Å². The lowest BCUT2D eigenvalue weighted by Gasteiger charge is -2.33. The third-order valence-corrected chi connectivity index (χ3v) is 5.61. The Hall–Kier alpha value is -0.570. The molecule has 3 fully saturated rings. The molecule has 0 aromatic rings. The summed E-state index contributed by atoms with van der Waals surface area (Å²) in [6.45, 7) is 0.874. The Bertz CT molecular complexity index is 322. The van der Waals surface area contributed by atoms with Gasteiger partial charge in [-0.3, -0.25) is 4.79 Å². The van der Waals surface area contributed by atoms with E-state index in [1.54, 1.807) is 0 Å². The highest BCUT2D eigenvalue weighted by molar-refractivity contribution is 5.86. The maximum Gasteiger partial charge on any atom is 0.240 e. The fourth-order valence-electron chi connectivity index (χ4n) is 4.44. The molecule has 18 heavy (non-hydrogen) atoms. The Labute approximate surface area is 110 Å². The minimum atomic E-state index is -0.560. The maximum absolute atomic E-state index is 12.2. The Morgan fingerprint density at radius 2 is 1.94 bits per heavy atom. The summed E-state index contributed by atoms with van der Waals surface area (Å²) >= 11 is 0. The summed E-state index contributed by atoms with van der Waals surface area (Å²) in [6, 6.07) is 0. The first-order chi connectivity index (χ1) is 8.67. The molecule has 3 N–H and O–H groups in total. The topological polar surface area (TPSA) is 55.1 Å². The monoisotopic (exact) mass is 250 g/mol. The summed E-state index contributed by atoms with van der Waals surface area (Å²) in [5.41, 5.74) is 5.69. The molecule has 3 atom stereocenters. The summed E-state index contributed by atoms with van der Waals surface area (Å²) in [6.07, 6.45) is 10.8. The van der Waals surface area contributed by atoms with Crippen LogP contribution in [0.3, 0.4) is 0 Å². The largest absolute Gasteiger partial charge is 0.354 e. The molecule has 3 nitrogen and oxygen atoms in total. The Morgan fingerprint density at radius 3 is 2.56 bits per heavy atom. The first kappa shape index (κ1) is 12.5. The molecule has 0 spiro atoms. The van der Waals surface area contributed by atoms with Crippen molar-refractivity contribution in [3.8, 4) is 0 Å². The molecular formula is C15H26N2O. The molecule has 0 aromatic heterocycles. The summed E-state index contributed by atoms with van der Waals surface area (Å²) in [4.78, 5) is 12.2.